The van der Waals surface area contributed by atoms with E-state index in [4.69, 9.17) is 4.74 Å². The Balaban J connectivity index is 1.51. The molecule has 24 heavy (non-hydrogen) atoms. The molecular formula is C17H23N3O4. The molecular weight excluding hydrogens is 310 g/mol. The maximum absolute atomic E-state index is 12.3. The van der Waals surface area contributed by atoms with Gasteiger partial charge in [-0.25, -0.2) is 0 Å². The Hall–Kier alpha value is -1.80. The number of aliphatic hydroxyl groups excluding tert-OH is 2. The van der Waals surface area contributed by atoms with Crippen LogP contribution in [0.3, 0.4) is 0 Å². The van der Waals surface area contributed by atoms with E-state index in [9.17, 15) is 15.0 Å². The van der Waals surface area contributed by atoms with Gasteiger partial charge in [-0.3, -0.25) is 14.7 Å². The molecule has 7 heteroatoms. The van der Waals surface area contributed by atoms with Crippen LogP contribution >= 0.6 is 0 Å². The van der Waals surface area contributed by atoms with Crippen molar-refractivity contribution in [3.63, 3.8) is 0 Å². The number of carbonyl (C=O) groups excluding carboxylic acids is 1. The molecule has 2 aliphatic heterocycles. The van der Waals surface area contributed by atoms with Crippen LogP contribution in [0.2, 0.25) is 0 Å². The van der Waals surface area contributed by atoms with E-state index in [0.717, 1.165) is 5.56 Å². The number of nitrogens with zero attached hydrogens (tertiary/aromatic N) is 3. The predicted molar refractivity (Wildman–Crippen MR) is 88.0 cm³/mol. The van der Waals surface area contributed by atoms with Gasteiger partial charge in [-0.05, 0) is 17.7 Å². The fraction of sp³-hybridized carbons (Fsp3) is 0.529. The van der Waals surface area contributed by atoms with Crippen LogP contribution in [0, 0.1) is 0 Å². The highest BCUT2D eigenvalue weighted by Crippen LogP contribution is 2.17. The van der Waals surface area contributed by atoms with E-state index in [1.165, 1.54) is 0 Å². The number of aromatic nitrogens is 1. The standard InChI is InChI=1S/C17H23N3O4/c21-15-12-24-11-14(17(15)23)19-6-8-20(9-7-19)16(22)4-3-13-2-1-5-18-10-13/h1-5,10,14-15,17,21,23H,6-9,11-12H2/b4-3+/t14-,15-,17+/m1/s1. The van der Waals surface area contributed by atoms with Gasteiger partial charge in [-0.15, -0.1) is 0 Å². The highest BCUT2D eigenvalue weighted by Gasteiger charge is 2.36. The number of hydrogen-bond donors (Lipinski definition) is 2. The summed E-state index contributed by atoms with van der Waals surface area (Å²) >= 11 is 0. The fourth-order valence-electron chi connectivity index (χ4n) is 3.11. The van der Waals surface area contributed by atoms with Gasteiger partial charge < -0.3 is 19.8 Å². The number of pyridine rings is 1. The highest BCUT2D eigenvalue weighted by atomic mass is 16.5. The van der Waals surface area contributed by atoms with Crippen LogP contribution in [-0.4, -0.2) is 88.5 Å². The van der Waals surface area contributed by atoms with Crippen LogP contribution in [-0.2, 0) is 9.53 Å². The minimum absolute atomic E-state index is 0.0287. The molecule has 0 aromatic carbocycles. The molecule has 3 heterocycles. The first-order valence-electron chi connectivity index (χ1n) is 8.20. The summed E-state index contributed by atoms with van der Waals surface area (Å²) in [7, 11) is 0. The molecule has 0 saturated carbocycles. The number of ether oxygens (including phenoxy) is 1. The third kappa shape index (κ3) is 3.99. The maximum Gasteiger partial charge on any atom is 0.246 e. The van der Waals surface area contributed by atoms with Gasteiger partial charge in [-0.2, -0.15) is 0 Å². The van der Waals surface area contributed by atoms with E-state index in [-0.39, 0.29) is 18.6 Å². The van der Waals surface area contributed by atoms with Crippen molar-refractivity contribution in [1.29, 1.82) is 0 Å². The van der Waals surface area contributed by atoms with Crippen molar-refractivity contribution in [1.82, 2.24) is 14.8 Å². The average molecular weight is 333 g/mol. The number of piperazine rings is 1. The van der Waals surface area contributed by atoms with Crippen molar-refractivity contribution in [2.24, 2.45) is 0 Å². The molecule has 1 amide bonds. The van der Waals surface area contributed by atoms with E-state index in [1.54, 1.807) is 29.4 Å². The van der Waals surface area contributed by atoms with E-state index < -0.39 is 12.2 Å². The molecule has 0 spiro atoms. The normalized spacial score (nSPS) is 29.1. The fourth-order valence-corrected chi connectivity index (χ4v) is 3.11. The van der Waals surface area contributed by atoms with Crippen molar-refractivity contribution in [3.05, 3.63) is 36.2 Å². The third-order valence-electron chi connectivity index (χ3n) is 4.56. The second-order valence-electron chi connectivity index (χ2n) is 6.14. The average Bonchev–Trinajstić information content (AvgIpc) is 2.63. The summed E-state index contributed by atoms with van der Waals surface area (Å²) in [5.41, 5.74) is 0.890. The van der Waals surface area contributed by atoms with Crippen molar-refractivity contribution < 1.29 is 19.7 Å². The Bertz CT molecular complexity index is 572. The summed E-state index contributed by atoms with van der Waals surface area (Å²) in [6, 6.07) is 3.51. The minimum Gasteiger partial charge on any atom is -0.389 e. The molecule has 2 fully saturated rings. The Morgan fingerprint density at radius 2 is 2.04 bits per heavy atom. The number of carbonyl (C=O) groups is 1. The van der Waals surface area contributed by atoms with Crippen LogP contribution in [0.5, 0.6) is 0 Å². The molecule has 7 nitrogen and oxygen atoms in total. The molecule has 0 radical (unpaired) electrons. The lowest BCUT2D eigenvalue weighted by molar-refractivity contribution is -0.142. The van der Waals surface area contributed by atoms with Crippen molar-refractivity contribution in [2.75, 3.05) is 39.4 Å². The second kappa shape index (κ2) is 7.85. The molecule has 0 unspecified atom stereocenters. The van der Waals surface area contributed by atoms with Gasteiger partial charge in [0, 0.05) is 44.6 Å². The van der Waals surface area contributed by atoms with Gasteiger partial charge in [0.05, 0.1) is 25.4 Å². The zero-order chi connectivity index (χ0) is 16.9. The largest absolute Gasteiger partial charge is 0.389 e. The summed E-state index contributed by atoms with van der Waals surface area (Å²) in [4.78, 5) is 20.1. The molecule has 2 N–H and O–H groups in total. The summed E-state index contributed by atoms with van der Waals surface area (Å²) < 4.78 is 5.33. The zero-order valence-electron chi connectivity index (χ0n) is 13.5. The number of rotatable bonds is 3. The lowest BCUT2D eigenvalue weighted by Crippen LogP contribution is -2.60. The summed E-state index contributed by atoms with van der Waals surface area (Å²) in [6.07, 6.45) is 5.08. The van der Waals surface area contributed by atoms with Crippen LogP contribution in [0.15, 0.2) is 30.6 Å². The van der Waals surface area contributed by atoms with Crippen LogP contribution in [0.25, 0.3) is 6.08 Å². The van der Waals surface area contributed by atoms with Crippen LogP contribution < -0.4 is 0 Å². The van der Waals surface area contributed by atoms with Crippen molar-refractivity contribution in [2.45, 2.75) is 18.2 Å². The predicted octanol–water partition coefficient (Wildman–Crippen LogP) is -0.640. The first kappa shape index (κ1) is 17.0. The molecule has 0 aliphatic carbocycles. The van der Waals surface area contributed by atoms with Gasteiger partial charge in [0.2, 0.25) is 5.91 Å². The third-order valence-corrected chi connectivity index (χ3v) is 4.56. The van der Waals surface area contributed by atoms with Crippen LogP contribution in [0.4, 0.5) is 0 Å². The monoisotopic (exact) mass is 333 g/mol. The van der Waals surface area contributed by atoms with Gasteiger partial charge >= 0.3 is 0 Å². The van der Waals surface area contributed by atoms with Crippen molar-refractivity contribution in [3.8, 4) is 0 Å². The van der Waals surface area contributed by atoms with Crippen molar-refractivity contribution >= 4 is 12.0 Å². The van der Waals surface area contributed by atoms with Gasteiger partial charge in [0.1, 0.15) is 6.10 Å². The Morgan fingerprint density at radius 3 is 2.75 bits per heavy atom. The topological polar surface area (TPSA) is 86.1 Å². The first-order chi connectivity index (χ1) is 11.6. The molecule has 2 saturated heterocycles. The van der Waals surface area contributed by atoms with Gasteiger partial charge in [-0.1, -0.05) is 6.07 Å². The summed E-state index contributed by atoms with van der Waals surface area (Å²) in [5.74, 6) is -0.0287. The number of amides is 1. The summed E-state index contributed by atoms with van der Waals surface area (Å²) in [5, 5.41) is 19.8. The minimum atomic E-state index is -0.842. The van der Waals surface area contributed by atoms with Gasteiger partial charge in [0.25, 0.3) is 0 Å². The lowest BCUT2D eigenvalue weighted by Gasteiger charge is -2.43. The van der Waals surface area contributed by atoms with E-state index in [2.05, 4.69) is 9.88 Å². The smallest absolute Gasteiger partial charge is 0.246 e. The van der Waals surface area contributed by atoms with E-state index >= 15 is 0 Å². The number of aliphatic hydroxyl groups is 2. The molecule has 3 atom stereocenters. The van der Waals surface area contributed by atoms with E-state index in [1.807, 2.05) is 12.1 Å². The first-order valence-corrected chi connectivity index (χ1v) is 8.20. The lowest BCUT2D eigenvalue weighted by atomic mass is 10.0. The highest BCUT2D eigenvalue weighted by molar-refractivity contribution is 5.91. The maximum atomic E-state index is 12.3. The molecule has 3 rings (SSSR count). The van der Waals surface area contributed by atoms with Gasteiger partial charge in [0.15, 0.2) is 0 Å². The zero-order valence-corrected chi connectivity index (χ0v) is 13.5. The van der Waals surface area contributed by atoms with E-state index in [0.29, 0.717) is 32.8 Å². The SMILES string of the molecule is O=C(/C=C/c1cccnc1)N1CCN([C@@H]2COC[C@@H](O)[C@H]2O)CC1. The Kier molecular flexibility index (Phi) is 5.57. The van der Waals surface area contributed by atoms with Crippen LogP contribution in [0.1, 0.15) is 5.56 Å². The summed E-state index contributed by atoms with van der Waals surface area (Å²) in [6.45, 7) is 3.09. The Morgan fingerprint density at radius 1 is 1.25 bits per heavy atom. The molecule has 1 aromatic heterocycles. The quantitative estimate of drug-likeness (QED) is 0.716. The Labute approximate surface area is 141 Å². The molecule has 2 aliphatic rings. The molecule has 130 valence electrons. The second-order valence-corrected chi connectivity index (χ2v) is 6.14. The molecule has 1 aromatic rings. The molecule has 0 bridgehead atoms. The number of hydrogen-bond acceptors (Lipinski definition) is 6.